The quantitative estimate of drug-likeness (QED) is 0.00643. The molecule has 8 aromatic carbocycles. The van der Waals surface area contributed by atoms with Crippen LogP contribution in [0, 0.1) is 23.3 Å². The van der Waals surface area contributed by atoms with Crippen molar-refractivity contribution in [2.75, 3.05) is 26.4 Å². The molecule has 32 heteroatoms. The average Bonchev–Trinajstić information content (AvgIpc) is 1.59. The number of aldehydes is 3. The number of rotatable bonds is 29. The Morgan fingerprint density at radius 3 is 0.970 bits per heavy atom. The number of aromatic amines is 1. The molecule has 0 saturated heterocycles. The highest BCUT2D eigenvalue weighted by molar-refractivity contribution is 9.10. The molecule has 0 unspecified atom stereocenters. The second kappa shape index (κ2) is 47.9. The Kier molecular flexibility index (Phi) is 38.0. The average molecular weight is 2010 g/mol. The first-order valence-corrected chi connectivity index (χ1v) is 45.1. The number of H-pyrrole nitrogens is 1. The number of oxime groups is 1. The molecule has 0 radical (unpaired) electrons. The highest BCUT2D eigenvalue weighted by atomic mass is 79.9. The van der Waals surface area contributed by atoms with Crippen molar-refractivity contribution in [3.05, 3.63) is 281 Å². The molecule has 12 rings (SSSR count). The van der Waals surface area contributed by atoms with Crippen molar-refractivity contribution in [3.63, 3.8) is 0 Å². The number of aryl methyl sites for hydroxylation is 2. The summed E-state index contributed by atoms with van der Waals surface area (Å²) < 4.78 is 109. The first-order valence-electron chi connectivity index (χ1n) is 42.3. The lowest BCUT2D eigenvalue weighted by Crippen LogP contribution is -2.24. The lowest BCUT2D eigenvalue weighted by atomic mass is 9.98. The van der Waals surface area contributed by atoms with E-state index in [9.17, 15) is 38.0 Å². The van der Waals surface area contributed by atoms with E-state index in [2.05, 4.69) is 77.9 Å². The fraction of sp³-hybridized carbons (Fsp3) is 0.320. The molecule has 25 nitrogen and oxygen atoms in total. The molecule has 132 heavy (non-hydrogen) atoms. The molecule has 0 bridgehead atoms. The van der Waals surface area contributed by atoms with E-state index in [0.717, 1.165) is 6.29 Å². The zero-order chi connectivity index (χ0) is 97.1. The van der Waals surface area contributed by atoms with Crippen LogP contribution in [0.25, 0.3) is 44.5 Å². The first-order chi connectivity index (χ1) is 62.6. The minimum absolute atomic E-state index is 0.0574. The SMILES string of the molecule is CC(C)(C)OC(=O)c1ccccc1-c1ccc(CBr)c(F)c1.CCOc1nc(Br)c(C=O)n1Cc1ccc(-c2ccccc2C(=O)OC(C)(C)C)cc1F.CCOc1nc(C=O)c(Br)[nH]1.CCOc1nc(CC)c(/C=N\O)n1Cc1ccc(-c2ccccc2C(=O)OC(C)(C)C)cc1F.CCOc1nc(CC)c(C=O)n1Cc1ccc(-c2ccccc2C(=O)OC(C)(C)C)cc1F. The van der Waals surface area contributed by atoms with Gasteiger partial charge in [-0.1, -0.05) is 156 Å². The third kappa shape index (κ3) is 28.9. The number of alkyl halides is 1. The first kappa shape index (κ1) is 105. The Hall–Kier alpha value is -12.7. The van der Waals surface area contributed by atoms with Gasteiger partial charge in [-0.2, -0.15) is 19.9 Å². The Morgan fingerprint density at radius 2 is 0.697 bits per heavy atom. The summed E-state index contributed by atoms with van der Waals surface area (Å²) in [6, 6.07) is 48.4. The maximum Gasteiger partial charge on any atom is 0.339 e. The van der Waals surface area contributed by atoms with Crippen LogP contribution in [0.1, 0.15) is 237 Å². The summed E-state index contributed by atoms with van der Waals surface area (Å²) in [5.41, 5.74) is 8.22. The number of ether oxygens (including phenoxy) is 8. The van der Waals surface area contributed by atoms with Gasteiger partial charge in [0.1, 0.15) is 72.0 Å². The van der Waals surface area contributed by atoms with E-state index in [0.29, 0.717) is 196 Å². The summed E-state index contributed by atoms with van der Waals surface area (Å²) in [7, 11) is 0. The summed E-state index contributed by atoms with van der Waals surface area (Å²) in [6.07, 6.45) is 4.45. The fourth-order valence-corrected chi connectivity index (χ4v) is 14.3. The minimum atomic E-state index is -0.646. The molecule has 698 valence electrons. The molecule has 0 fully saturated rings. The molecule has 0 atom stereocenters. The number of benzene rings is 8. The van der Waals surface area contributed by atoms with Gasteiger partial charge in [0, 0.05) is 22.0 Å². The standard InChI is InChI=1S/C26H30FN3O4.C26H29FN2O4.C24H24BrFN2O4.C18H18BrFO2.C6H7BrN2O2/c1-6-22-23(15-28-32)30(25(29-22)33-7-2)16-18-13-12-17(14-21(18)27)19-10-8-9-11-20(19)24(31)34-26(3,4)5;1-6-22-23(16-30)29(25(28-22)32-7-2)15-18-13-12-17(14-21(18)27)19-10-8-9-11-20(19)24(31)33-26(3,4)5;1-5-31-23-27-21(25)20(14-29)28(23)13-16-11-10-15(12-19(16)26)17-8-6-7-9-18(17)22(30)32-24(2,3)4;1-18(2,3)22-17(21)15-7-5-4-6-14(15)12-8-9-13(11-19)16(20)10-12;1-2-11-6-8-4(3-10)5(7)9-6/h8-15,32H,6-7,16H2,1-5H3;8-14,16H,6-7,15H2,1-5H3;6-12,14H,5,13H2,1-4H3;4-10H,11H2,1-3H3;3H,2H2,1H3,(H,8,9)/b28-15-;;;;. The van der Waals surface area contributed by atoms with E-state index < -0.39 is 63.7 Å². The van der Waals surface area contributed by atoms with Gasteiger partial charge < -0.3 is 48.1 Å². The number of imidazole rings is 4. The van der Waals surface area contributed by atoms with E-state index >= 15 is 13.2 Å². The van der Waals surface area contributed by atoms with E-state index in [1.165, 1.54) is 35.0 Å². The van der Waals surface area contributed by atoms with Crippen molar-refractivity contribution < 1.29 is 94.2 Å². The maximum atomic E-state index is 15.3. The molecule has 0 aliphatic rings. The molecule has 4 aromatic heterocycles. The predicted octanol–water partition coefficient (Wildman–Crippen LogP) is 23.3. The third-order valence-corrected chi connectivity index (χ3v) is 20.5. The van der Waals surface area contributed by atoms with Crippen LogP contribution in [-0.4, -0.2) is 142 Å². The van der Waals surface area contributed by atoms with Gasteiger partial charge in [0.2, 0.25) is 0 Å². The number of aromatic nitrogens is 8. The van der Waals surface area contributed by atoms with Crippen LogP contribution in [0.5, 0.6) is 24.0 Å². The topological polar surface area (TPSA) is 308 Å². The molecule has 12 aromatic rings. The molecular weight excluding hydrogens is 1900 g/mol. The van der Waals surface area contributed by atoms with Crippen molar-refractivity contribution in [2.24, 2.45) is 5.16 Å². The maximum absolute atomic E-state index is 15.3. The zero-order valence-electron chi connectivity index (χ0n) is 76.8. The van der Waals surface area contributed by atoms with Crippen molar-refractivity contribution in [1.82, 2.24) is 38.6 Å². The molecular formula is C100H108Br3F4N9O16. The van der Waals surface area contributed by atoms with Crippen molar-refractivity contribution in [1.29, 1.82) is 0 Å². The Morgan fingerprint density at radius 1 is 0.402 bits per heavy atom. The largest absolute Gasteiger partial charge is 0.465 e. The van der Waals surface area contributed by atoms with Gasteiger partial charge in [0.15, 0.2) is 18.9 Å². The zero-order valence-corrected chi connectivity index (χ0v) is 81.6. The third-order valence-electron chi connectivity index (χ3n) is 18.7. The van der Waals surface area contributed by atoms with E-state index in [1.54, 1.807) is 212 Å². The Balaban J connectivity index is 0.000000210. The van der Waals surface area contributed by atoms with Crippen molar-refractivity contribution in [2.45, 2.75) is 185 Å². The normalized spacial score (nSPS) is 11.3. The predicted molar refractivity (Wildman–Crippen MR) is 508 cm³/mol. The molecule has 0 spiro atoms. The van der Waals surface area contributed by atoms with Crippen LogP contribution in [0.3, 0.4) is 0 Å². The van der Waals surface area contributed by atoms with Crippen molar-refractivity contribution >= 4 is 96.7 Å². The van der Waals surface area contributed by atoms with E-state index in [4.69, 9.17) is 43.1 Å². The van der Waals surface area contributed by atoms with Gasteiger partial charge in [0.05, 0.1) is 91.6 Å². The summed E-state index contributed by atoms with van der Waals surface area (Å²) in [4.78, 5) is 103. The van der Waals surface area contributed by atoms with E-state index in [1.807, 2.05) is 67.5 Å². The summed E-state index contributed by atoms with van der Waals surface area (Å²) >= 11 is 9.60. The van der Waals surface area contributed by atoms with Gasteiger partial charge in [-0.25, -0.2) is 36.7 Å². The lowest BCUT2D eigenvalue weighted by Gasteiger charge is -2.20. The number of carbonyl (C=O) groups excluding carboxylic acids is 7. The molecule has 0 aliphatic carbocycles. The van der Waals surface area contributed by atoms with E-state index in [-0.39, 0.29) is 43.2 Å². The van der Waals surface area contributed by atoms with Crippen molar-refractivity contribution in [3.8, 4) is 68.5 Å². The Labute approximate surface area is 790 Å². The second-order valence-electron chi connectivity index (χ2n) is 33.1. The van der Waals surface area contributed by atoms with Crippen LogP contribution in [0.4, 0.5) is 17.6 Å². The number of nitrogens with zero attached hydrogens (tertiary/aromatic N) is 8. The molecule has 0 saturated carbocycles. The summed E-state index contributed by atoms with van der Waals surface area (Å²) in [5.74, 6) is -3.50. The molecule has 4 heterocycles. The monoisotopic (exact) mass is 2000 g/mol. The highest BCUT2D eigenvalue weighted by Gasteiger charge is 2.29. The number of carbonyl (C=O) groups is 7. The number of hydrogen-bond donors (Lipinski definition) is 2. The molecule has 2 N–H and O–H groups in total. The smallest absolute Gasteiger partial charge is 0.339 e. The molecule has 0 amide bonds. The number of hydrogen-bond acceptors (Lipinski definition) is 21. The van der Waals surface area contributed by atoms with Gasteiger partial charge in [0.25, 0.3) is 24.0 Å². The minimum Gasteiger partial charge on any atom is -0.465 e. The fourth-order valence-electron chi connectivity index (χ4n) is 13.0. The van der Waals surface area contributed by atoms with Crippen LogP contribution < -0.4 is 18.9 Å². The van der Waals surface area contributed by atoms with Crippen LogP contribution in [-0.2, 0) is 56.8 Å². The highest BCUT2D eigenvalue weighted by Crippen LogP contribution is 2.36. The number of nitrogens with one attached hydrogen (secondary N) is 1. The second-order valence-corrected chi connectivity index (χ2v) is 35.2. The lowest BCUT2D eigenvalue weighted by molar-refractivity contribution is 0.00578. The summed E-state index contributed by atoms with van der Waals surface area (Å²) in [5, 5.41) is 12.7. The Bertz CT molecular complexity index is 6080. The number of halogens is 7. The van der Waals surface area contributed by atoms with Crippen LogP contribution in [0.15, 0.2) is 184 Å². The molecule has 0 aliphatic heterocycles. The number of esters is 4. The van der Waals surface area contributed by atoms with Gasteiger partial charge in [-0.05, 0) is 254 Å². The summed E-state index contributed by atoms with van der Waals surface area (Å²) in [6.45, 7) is 34.7. The van der Waals surface area contributed by atoms with Gasteiger partial charge in [-0.3, -0.25) is 28.1 Å². The van der Waals surface area contributed by atoms with Gasteiger partial charge in [-0.15, -0.1) is 0 Å². The van der Waals surface area contributed by atoms with Gasteiger partial charge >= 0.3 is 23.9 Å². The van der Waals surface area contributed by atoms with Crippen LogP contribution >= 0.6 is 47.8 Å². The van der Waals surface area contributed by atoms with Crippen LogP contribution in [0.2, 0.25) is 0 Å².